The molecule has 0 aliphatic carbocycles. The minimum Gasteiger partial charge on any atom is -0.395 e. The smallest absolute Gasteiger partial charge is 0.395 e. The number of rotatable bonds is 7. The molecule has 3 aromatic rings. The van der Waals surface area contributed by atoms with Crippen molar-refractivity contribution in [1.82, 2.24) is 19.2 Å². The number of piperidine rings is 1. The van der Waals surface area contributed by atoms with E-state index < -0.39 is 53.4 Å². The van der Waals surface area contributed by atoms with E-state index in [0.29, 0.717) is 12.8 Å². The van der Waals surface area contributed by atoms with Crippen molar-refractivity contribution in [1.29, 1.82) is 0 Å². The molecular weight excluding hydrogens is 579 g/mol. The molecule has 2 aliphatic heterocycles. The summed E-state index contributed by atoms with van der Waals surface area (Å²) in [4.78, 5) is 16.7. The number of ether oxygens (including phenoxy) is 2. The monoisotopic (exact) mass is 604 g/mol. The second-order valence-corrected chi connectivity index (χ2v) is 11.9. The summed E-state index contributed by atoms with van der Waals surface area (Å²) in [5, 5.41) is 12.6. The number of aromatic nitrogens is 2. The molecule has 1 fully saturated rings. The van der Waals surface area contributed by atoms with Crippen LogP contribution in [0.5, 0.6) is 11.5 Å². The number of carbonyl (C=O) groups excluding carboxylic acids is 1. The Kier molecular flexibility index (Phi) is 7.36. The van der Waals surface area contributed by atoms with Crippen LogP contribution in [0.4, 0.5) is 22.0 Å². The number of sulfonamides is 1. The minimum absolute atomic E-state index is 0.000923. The third kappa shape index (κ3) is 5.94. The standard InChI is InChI=1S/C25H25F5N4O6S/c1-41(37,38)33-9-7-14(8-10-33)18(13-35)31-22(36)15-5-6-19-17(11-15)32-23(24(26,27)28)34(19)12-16-3-2-4-20-21(16)40-25(29,30)39-20/h2-6,11,14,18,35H,7-10,12-13H2,1H3,(H,31,36)/t18-/m1/s1. The van der Waals surface area contributed by atoms with Crippen LogP contribution in [0.2, 0.25) is 0 Å². The van der Waals surface area contributed by atoms with Gasteiger partial charge in [0.15, 0.2) is 11.5 Å². The number of hydrogen-bond donors (Lipinski definition) is 2. The number of carbonyl (C=O) groups is 1. The van der Waals surface area contributed by atoms with E-state index in [2.05, 4.69) is 19.8 Å². The van der Waals surface area contributed by atoms with Crippen LogP contribution < -0.4 is 14.8 Å². The summed E-state index contributed by atoms with van der Waals surface area (Å²) >= 11 is 0. The molecule has 0 bridgehead atoms. The highest BCUT2D eigenvalue weighted by molar-refractivity contribution is 7.88. The number of alkyl halides is 5. The van der Waals surface area contributed by atoms with Crippen LogP contribution in [0.3, 0.4) is 0 Å². The zero-order valence-corrected chi connectivity index (χ0v) is 22.3. The molecule has 2 aromatic carbocycles. The summed E-state index contributed by atoms with van der Waals surface area (Å²) in [5.74, 6) is -2.88. The number of aliphatic hydroxyl groups excluding tert-OH is 1. The van der Waals surface area contributed by atoms with Gasteiger partial charge in [0.1, 0.15) is 0 Å². The molecule has 5 rings (SSSR count). The average Bonchev–Trinajstić information content (AvgIpc) is 3.43. The van der Waals surface area contributed by atoms with Gasteiger partial charge in [-0.1, -0.05) is 12.1 Å². The van der Waals surface area contributed by atoms with Crippen LogP contribution in [0, 0.1) is 5.92 Å². The SMILES string of the molecule is CS(=O)(=O)N1CCC([C@@H](CO)NC(=O)c2ccc3c(c2)nc(C(F)(F)F)n3Cc2cccc3c2OC(F)(F)O3)CC1. The van der Waals surface area contributed by atoms with E-state index in [1.165, 1.54) is 40.7 Å². The molecule has 1 amide bonds. The van der Waals surface area contributed by atoms with Gasteiger partial charge in [-0.25, -0.2) is 17.7 Å². The first-order valence-corrected chi connectivity index (χ1v) is 14.3. The van der Waals surface area contributed by atoms with Crippen LogP contribution >= 0.6 is 0 Å². The first-order chi connectivity index (χ1) is 19.2. The first kappa shape index (κ1) is 29.0. The summed E-state index contributed by atoms with van der Waals surface area (Å²) in [6, 6.07) is 6.89. The molecular formula is C25H25F5N4O6S. The van der Waals surface area contributed by atoms with Gasteiger partial charge in [0.25, 0.3) is 5.91 Å². The van der Waals surface area contributed by atoms with E-state index >= 15 is 0 Å². The number of hydrogen-bond acceptors (Lipinski definition) is 7. The highest BCUT2D eigenvalue weighted by Gasteiger charge is 2.45. The average molecular weight is 605 g/mol. The molecule has 0 spiro atoms. The number of fused-ring (bicyclic) bond motifs is 2. The maximum absolute atomic E-state index is 14.0. The van der Waals surface area contributed by atoms with Gasteiger partial charge >= 0.3 is 12.5 Å². The van der Waals surface area contributed by atoms with Crippen molar-refractivity contribution in [2.24, 2.45) is 5.92 Å². The second-order valence-electron chi connectivity index (χ2n) is 9.90. The van der Waals surface area contributed by atoms with Crippen LogP contribution in [0.25, 0.3) is 11.0 Å². The van der Waals surface area contributed by atoms with Gasteiger partial charge in [-0.05, 0) is 43.0 Å². The van der Waals surface area contributed by atoms with Gasteiger partial charge < -0.3 is 24.5 Å². The molecule has 1 atom stereocenters. The zero-order valence-electron chi connectivity index (χ0n) is 21.5. The van der Waals surface area contributed by atoms with Crippen molar-refractivity contribution in [2.75, 3.05) is 26.0 Å². The van der Waals surface area contributed by atoms with Crippen LogP contribution in [0.15, 0.2) is 36.4 Å². The summed E-state index contributed by atoms with van der Waals surface area (Å²) in [6.07, 6.45) is -6.96. The van der Waals surface area contributed by atoms with Gasteiger partial charge in [-0.3, -0.25) is 4.79 Å². The zero-order chi connectivity index (χ0) is 29.7. The molecule has 222 valence electrons. The molecule has 3 heterocycles. The van der Waals surface area contributed by atoms with Crippen molar-refractivity contribution in [3.63, 3.8) is 0 Å². The molecule has 16 heteroatoms. The predicted octanol–water partition coefficient (Wildman–Crippen LogP) is 3.19. The van der Waals surface area contributed by atoms with Gasteiger partial charge in [0, 0.05) is 24.2 Å². The Bertz CT molecular complexity index is 1590. The van der Waals surface area contributed by atoms with E-state index in [4.69, 9.17) is 0 Å². The maximum Gasteiger partial charge on any atom is 0.586 e. The quantitative estimate of drug-likeness (QED) is 0.397. The molecule has 0 saturated carbocycles. The first-order valence-electron chi connectivity index (χ1n) is 12.5. The van der Waals surface area contributed by atoms with Crippen molar-refractivity contribution < 1.29 is 49.7 Å². The third-order valence-corrected chi connectivity index (χ3v) is 8.46. The van der Waals surface area contributed by atoms with Gasteiger partial charge in [-0.15, -0.1) is 8.78 Å². The Morgan fingerprint density at radius 1 is 1.20 bits per heavy atom. The molecule has 2 aliphatic rings. The van der Waals surface area contributed by atoms with Crippen molar-refractivity contribution in [3.05, 3.63) is 53.3 Å². The minimum atomic E-state index is -4.91. The predicted molar refractivity (Wildman–Crippen MR) is 134 cm³/mol. The molecule has 2 N–H and O–H groups in total. The normalized spacial score (nSPS) is 18.5. The maximum atomic E-state index is 14.0. The topological polar surface area (TPSA) is 123 Å². The lowest BCUT2D eigenvalue weighted by Crippen LogP contribution is -2.48. The highest BCUT2D eigenvalue weighted by Crippen LogP contribution is 2.44. The van der Waals surface area contributed by atoms with Crippen molar-refractivity contribution in [3.8, 4) is 11.5 Å². The van der Waals surface area contributed by atoms with Gasteiger partial charge in [0.05, 0.1) is 36.5 Å². The van der Waals surface area contributed by atoms with Crippen LogP contribution in [-0.4, -0.2) is 71.6 Å². The molecule has 0 radical (unpaired) electrons. The summed E-state index contributed by atoms with van der Waals surface area (Å²) in [5.41, 5.74) is -0.190. The fourth-order valence-corrected chi connectivity index (χ4v) is 6.02. The summed E-state index contributed by atoms with van der Waals surface area (Å²) < 4.78 is 104. The fourth-order valence-electron chi connectivity index (χ4n) is 5.14. The summed E-state index contributed by atoms with van der Waals surface area (Å²) in [7, 11) is -3.36. The van der Waals surface area contributed by atoms with Crippen LogP contribution in [-0.2, 0) is 22.7 Å². The summed E-state index contributed by atoms with van der Waals surface area (Å²) in [6.45, 7) is -0.479. The second kappa shape index (κ2) is 10.4. The number of nitrogens with one attached hydrogen (secondary N) is 1. The highest BCUT2D eigenvalue weighted by atomic mass is 32.2. The lowest BCUT2D eigenvalue weighted by atomic mass is 9.90. The Labute approximate surface area is 230 Å². The molecule has 1 aromatic heterocycles. The Balaban J connectivity index is 1.39. The van der Waals surface area contributed by atoms with E-state index in [-0.39, 0.29) is 52.7 Å². The van der Waals surface area contributed by atoms with E-state index in [0.717, 1.165) is 10.8 Å². The van der Waals surface area contributed by atoms with Crippen molar-refractivity contribution >= 4 is 27.0 Å². The van der Waals surface area contributed by atoms with E-state index in [9.17, 15) is 40.3 Å². The van der Waals surface area contributed by atoms with Gasteiger partial charge in [-0.2, -0.15) is 13.2 Å². The van der Waals surface area contributed by atoms with E-state index in [1.807, 2.05) is 0 Å². The molecule has 10 nitrogen and oxygen atoms in total. The lowest BCUT2D eigenvalue weighted by Gasteiger charge is -2.34. The molecule has 1 saturated heterocycles. The third-order valence-electron chi connectivity index (χ3n) is 7.15. The number of benzene rings is 2. The largest absolute Gasteiger partial charge is 0.586 e. The number of nitrogens with zero attached hydrogens (tertiary/aromatic N) is 3. The Morgan fingerprint density at radius 3 is 2.54 bits per heavy atom. The van der Waals surface area contributed by atoms with Crippen molar-refractivity contribution in [2.45, 2.75) is 37.9 Å². The number of imidazole rings is 1. The molecule has 0 unspecified atom stereocenters. The fraction of sp³-hybridized carbons (Fsp3) is 0.440. The lowest BCUT2D eigenvalue weighted by molar-refractivity contribution is -0.287. The number of halogens is 5. The number of para-hydroxylation sites is 1. The van der Waals surface area contributed by atoms with Crippen LogP contribution in [0.1, 0.15) is 34.6 Å². The molecule has 41 heavy (non-hydrogen) atoms. The number of amides is 1. The van der Waals surface area contributed by atoms with Gasteiger partial charge in [0.2, 0.25) is 15.8 Å². The van der Waals surface area contributed by atoms with E-state index in [1.54, 1.807) is 0 Å². The Morgan fingerprint density at radius 2 is 1.90 bits per heavy atom. The number of aliphatic hydroxyl groups is 1. The Hall–Kier alpha value is -3.50.